The lowest BCUT2D eigenvalue weighted by Gasteiger charge is -2.51. The van der Waals surface area contributed by atoms with Gasteiger partial charge in [0.15, 0.2) is 18.9 Å². The average molecular weight is 820 g/mol. The van der Waals surface area contributed by atoms with Crippen molar-refractivity contribution in [2.45, 2.75) is 169 Å². The summed E-state index contributed by atoms with van der Waals surface area (Å²) >= 11 is 0. The van der Waals surface area contributed by atoms with E-state index in [1.807, 2.05) is 0 Å². The molecule has 0 bridgehead atoms. The van der Waals surface area contributed by atoms with Gasteiger partial charge in [0.05, 0.1) is 44.2 Å². The number of carbonyl (C=O) groups excluding carboxylic acids is 1. The van der Waals surface area contributed by atoms with E-state index in [4.69, 9.17) is 37.9 Å². The first-order valence-electron chi connectivity index (χ1n) is 18.3. The number of hydrogen-bond donors (Lipinski definition) is 13. The number of carboxylic acid groups (broad SMARTS) is 1. The van der Waals surface area contributed by atoms with Crippen LogP contribution in [0, 0.1) is 5.92 Å². The molecule has 0 aromatic carbocycles. The normalized spacial score (nSPS) is 45.9. The number of carboxylic acids is 1. The van der Waals surface area contributed by atoms with Crippen LogP contribution in [0.3, 0.4) is 0 Å². The van der Waals surface area contributed by atoms with Crippen molar-refractivity contribution in [2.24, 2.45) is 5.92 Å². The fourth-order valence-electron chi connectivity index (χ4n) is 7.14. The third-order valence-electron chi connectivity index (χ3n) is 10.3. The Morgan fingerprint density at radius 2 is 1.38 bits per heavy atom. The predicted molar refractivity (Wildman–Crippen MR) is 178 cm³/mol. The molecule has 4 aliphatic rings. The van der Waals surface area contributed by atoms with Crippen LogP contribution in [0.2, 0.25) is 0 Å². The number of nitrogens with one attached hydrogen (secondary N) is 1. The number of aliphatic carboxylic acids is 1. The van der Waals surface area contributed by atoms with E-state index in [9.17, 15) is 70.9 Å². The van der Waals surface area contributed by atoms with E-state index >= 15 is 0 Å². The molecule has 4 heterocycles. The number of ether oxygens (including phenoxy) is 8. The molecule has 56 heavy (non-hydrogen) atoms. The highest BCUT2D eigenvalue weighted by Crippen LogP contribution is 2.40. The van der Waals surface area contributed by atoms with E-state index in [-0.39, 0.29) is 0 Å². The standard InChI is InChI=1S/C33H57NO22/c1-10(2)49-29-18(34-13(5)38)27(54-30-23(45)22(44)19(41)12(4)50-30)26(17(9-37)52-29)53-31-24(46)28(21(43)16(8-36)51-31)56-33(32(47)48)6-14(39)11(3)25(55-33)20(42)15(40)7-35/h10-12,14-31,35-37,39-46H,6-9H2,1-5H3,(H,34,38)(H,47,48)/t11-,12?,14-,15-,16?,17?,18?,19-,20-,21+,22+,23?,24?,25?,26-,27-,28?,29-,30+,31+,33+/m1/s1. The Hall–Kier alpha value is -1.82. The maximum atomic E-state index is 12.8. The monoisotopic (exact) mass is 819 g/mol. The van der Waals surface area contributed by atoms with Gasteiger partial charge in [-0.2, -0.15) is 0 Å². The Morgan fingerprint density at radius 3 is 1.93 bits per heavy atom. The van der Waals surface area contributed by atoms with E-state index in [1.54, 1.807) is 13.8 Å². The van der Waals surface area contributed by atoms with Gasteiger partial charge in [0.2, 0.25) is 5.91 Å². The maximum Gasteiger partial charge on any atom is 0.364 e. The first-order chi connectivity index (χ1) is 26.2. The number of amides is 1. The lowest BCUT2D eigenvalue weighted by molar-refractivity contribution is -0.393. The highest BCUT2D eigenvalue weighted by molar-refractivity contribution is 5.76. The van der Waals surface area contributed by atoms with Crippen molar-refractivity contribution >= 4 is 11.9 Å². The van der Waals surface area contributed by atoms with Gasteiger partial charge in [-0.1, -0.05) is 6.92 Å². The highest BCUT2D eigenvalue weighted by Gasteiger charge is 2.60. The molecule has 0 aliphatic carbocycles. The van der Waals surface area contributed by atoms with Crippen LogP contribution in [0.1, 0.15) is 41.0 Å². The second-order valence-corrected chi connectivity index (χ2v) is 14.8. The van der Waals surface area contributed by atoms with Crippen LogP contribution < -0.4 is 5.32 Å². The first-order valence-corrected chi connectivity index (χ1v) is 18.3. The first kappa shape index (κ1) is 46.9. The predicted octanol–water partition coefficient (Wildman–Crippen LogP) is -6.66. The van der Waals surface area contributed by atoms with Crippen molar-refractivity contribution < 1.29 is 109 Å². The molecule has 0 aromatic rings. The van der Waals surface area contributed by atoms with Crippen molar-refractivity contribution in [1.29, 1.82) is 0 Å². The van der Waals surface area contributed by atoms with Gasteiger partial charge in [-0.25, -0.2) is 4.79 Å². The van der Waals surface area contributed by atoms with Gasteiger partial charge in [0.25, 0.3) is 5.79 Å². The molecule has 0 radical (unpaired) electrons. The molecule has 13 N–H and O–H groups in total. The largest absolute Gasteiger partial charge is 0.477 e. The maximum absolute atomic E-state index is 12.8. The zero-order valence-corrected chi connectivity index (χ0v) is 31.4. The molecule has 0 spiro atoms. The van der Waals surface area contributed by atoms with Gasteiger partial charge >= 0.3 is 5.97 Å². The third kappa shape index (κ3) is 9.95. The second-order valence-electron chi connectivity index (χ2n) is 14.8. The van der Waals surface area contributed by atoms with Crippen LogP contribution in [0.25, 0.3) is 0 Å². The molecule has 23 heteroatoms. The minimum atomic E-state index is -2.94. The number of aliphatic hydroxyl groups excluding tert-OH is 11. The minimum absolute atomic E-state index is 0.548. The van der Waals surface area contributed by atoms with Crippen LogP contribution >= 0.6 is 0 Å². The molecule has 4 aliphatic heterocycles. The highest BCUT2D eigenvalue weighted by atomic mass is 16.8. The molecular weight excluding hydrogens is 762 g/mol. The van der Waals surface area contributed by atoms with Crippen LogP contribution in [0.4, 0.5) is 0 Å². The van der Waals surface area contributed by atoms with Gasteiger partial charge in [-0.05, 0) is 20.8 Å². The molecule has 4 saturated heterocycles. The number of rotatable bonds is 15. The van der Waals surface area contributed by atoms with Crippen LogP contribution in [-0.4, -0.2) is 221 Å². The lowest BCUT2D eigenvalue weighted by Crippen LogP contribution is -2.70. The zero-order valence-electron chi connectivity index (χ0n) is 31.4. The van der Waals surface area contributed by atoms with Crippen molar-refractivity contribution in [2.75, 3.05) is 19.8 Å². The summed E-state index contributed by atoms with van der Waals surface area (Å²) in [6, 6.07) is -1.36. The molecule has 1 amide bonds. The van der Waals surface area contributed by atoms with Gasteiger partial charge in [-0.15, -0.1) is 0 Å². The Morgan fingerprint density at radius 1 is 0.786 bits per heavy atom. The molecule has 21 atom stereocenters. The summed E-state index contributed by atoms with van der Waals surface area (Å²) in [5.41, 5.74) is 0. The quantitative estimate of drug-likeness (QED) is 0.0730. The summed E-state index contributed by atoms with van der Waals surface area (Å²) in [6.07, 6.45) is -32.6. The molecule has 8 unspecified atom stereocenters. The molecule has 4 rings (SSSR count). The molecule has 4 fully saturated rings. The molecule has 23 nitrogen and oxygen atoms in total. The zero-order chi connectivity index (χ0) is 42.0. The number of hydrogen-bond acceptors (Lipinski definition) is 21. The van der Waals surface area contributed by atoms with Crippen molar-refractivity contribution in [1.82, 2.24) is 5.32 Å². The summed E-state index contributed by atoms with van der Waals surface area (Å²) < 4.78 is 46.8. The Kier molecular flexibility index (Phi) is 16.3. The molecule has 0 saturated carbocycles. The van der Waals surface area contributed by atoms with E-state index in [0.29, 0.717) is 0 Å². The summed E-state index contributed by atoms with van der Waals surface area (Å²) in [6.45, 7) is 4.36. The van der Waals surface area contributed by atoms with E-state index < -0.39 is 172 Å². The van der Waals surface area contributed by atoms with E-state index in [2.05, 4.69) is 5.32 Å². The summed E-state index contributed by atoms with van der Waals surface area (Å²) in [5, 5.41) is 129. The third-order valence-corrected chi connectivity index (χ3v) is 10.3. The molecular formula is C33H57NO22. The fraction of sp³-hybridized carbons (Fsp3) is 0.939. The van der Waals surface area contributed by atoms with Gasteiger partial charge in [0, 0.05) is 19.3 Å². The van der Waals surface area contributed by atoms with Crippen molar-refractivity contribution in [3.8, 4) is 0 Å². The van der Waals surface area contributed by atoms with Gasteiger partial charge in [0.1, 0.15) is 79.3 Å². The Balaban J connectivity index is 1.73. The average Bonchev–Trinajstić information content (AvgIpc) is 3.14. The van der Waals surface area contributed by atoms with E-state index in [1.165, 1.54) is 13.8 Å². The van der Waals surface area contributed by atoms with Crippen LogP contribution in [0.15, 0.2) is 0 Å². The summed E-state index contributed by atoms with van der Waals surface area (Å²) in [4.78, 5) is 25.3. The van der Waals surface area contributed by atoms with Crippen molar-refractivity contribution in [3.63, 3.8) is 0 Å². The number of carbonyl (C=O) groups is 2. The second kappa shape index (κ2) is 19.5. The fourth-order valence-corrected chi connectivity index (χ4v) is 7.14. The topological polar surface area (TPSA) is 363 Å². The Labute approximate surface area is 321 Å². The SMILES string of the molecule is CC(=O)NC1[C@H](OC(C)C)OC(CO)[C@@H](O[C@@H]2OC(CO)[C@H](O)C(O[C@]3(C(=O)O)C[C@@H](O)[C@@H](C)C([C@H](O)[C@H](O)CO)O3)C2O)[C@@H]1O[C@@H]1OC(C)[C@@H](O)[C@H](O)C1O. The summed E-state index contributed by atoms with van der Waals surface area (Å²) in [5.74, 6) is -6.53. The minimum Gasteiger partial charge on any atom is -0.477 e. The van der Waals surface area contributed by atoms with Gasteiger partial charge in [-0.3, -0.25) is 4.79 Å². The van der Waals surface area contributed by atoms with Crippen molar-refractivity contribution in [3.05, 3.63) is 0 Å². The smallest absolute Gasteiger partial charge is 0.364 e. The number of aliphatic hydroxyl groups is 11. The Bertz CT molecular complexity index is 1280. The van der Waals surface area contributed by atoms with E-state index in [0.717, 1.165) is 6.92 Å². The van der Waals surface area contributed by atoms with Gasteiger partial charge < -0.3 is 104 Å². The molecule has 326 valence electrons. The van der Waals surface area contributed by atoms with Crippen LogP contribution in [0.5, 0.6) is 0 Å². The van der Waals surface area contributed by atoms with Crippen LogP contribution in [-0.2, 0) is 47.5 Å². The molecule has 0 aromatic heterocycles. The lowest BCUT2D eigenvalue weighted by atomic mass is 9.84. The summed E-state index contributed by atoms with van der Waals surface area (Å²) in [7, 11) is 0.